The van der Waals surface area contributed by atoms with Crippen LogP contribution in [-0.2, 0) is 5.75 Å². The maximum Gasteiger partial charge on any atom is 0.154 e. The van der Waals surface area contributed by atoms with Crippen molar-refractivity contribution in [3.05, 3.63) is 46.5 Å². The summed E-state index contributed by atoms with van der Waals surface area (Å²) in [6.07, 6.45) is 1.70. The Bertz CT molecular complexity index is 405. The molecule has 0 aromatic heterocycles. The van der Waals surface area contributed by atoms with Gasteiger partial charge < -0.3 is 5.73 Å². The van der Waals surface area contributed by atoms with Crippen molar-refractivity contribution in [1.82, 2.24) is 0 Å². The molecule has 0 radical (unpaired) electrons. The number of rotatable bonds is 4. The Hall–Kier alpha value is -0.640. The number of amidine groups is 1. The Balaban J connectivity index is 2.57. The van der Waals surface area contributed by atoms with Gasteiger partial charge in [0.15, 0.2) is 5.17 Å². The van der Waals surface area contributed by atoms with Crippen molar-refractivity contribution in [2.45, 2.75) is 5.75 Å². The van der Waals surface area contributed by atoms with Gasteiger partial charge in [-0.15, -0.1) is 6.58 Å². The summed E-state index contributed by atoms with van der Waals surface area (Å²) in [4.78, 5) is 4.08. The Morgan fingerprint density at radius 3 is 2.88 bits per heavy atom. The average molecular weight is 275 g/mol. The zero-order chi connectivity index (χ0) is 12.0. The number of hydrogen-bond donors (Lipinski definition) is 1. The van der Waals surface area contributed by atoms with Crippen molar-refractivity contribution in [3.8, 4) is 0 Å². The zero-order valence-corrected chi connectivity index (χ0v) is 10.9. The van der Waals surface area contributed by atoms with Crippen molar-refractivity contribution in [2.24, 2.45) is 10.7 Å². The molecule has 0 amide bonds. The van der Waals surface area contributed by atoms with Crippen molar-refractivity contribution >= 4 is 40.1 Å². The van der Waals surface area contributed by atoms with Gasteiger partial charge in [0.2, 0.25) is 0 Å². The number of aliphatic imine (C=N–C) groups is 1. The number of benzene rings is 1. The molecule has 1 aromatic carbocycles. The molecule has 2 N–H and O–H groups in total. The van der Waals surface area contributed by atoms with Crippen LogP contribution in [-0.4, -0.2) is 11.7 Å². The van der Waals surface area contributed by atoms with Crippen LogP contribution in [0, 0.1) is 0 Å². The summed E-state index contributed by atoms with van der Waals surface area (Å²) in [6, 6.07) is 5.41. The number of hydrogen-bond acceptors (Lipinski definition) is 2. The van der Waals surface area contributed by atoms with E-state index in [4.69, 9.17) is 28.9 Å². The van der Waals surface area contributed by atoms with E-state index in [2.05, 4.69) is 11.6 Å². The Morgan fingerprint density at radius 1 is 1.50 bits per heavy atom. The summed E-state index contributed by atoms with van der Waals surface area (Å²) >= 11 is 13.3. The third-order valence-corrected chi connectivity index (χ3v) is 3.23. The van der Waals surface area contributed by atoms with Crippen LogP contribution in [0.3, 0.4) is 0 Å². The summed E-state index contributed by atoms with van der Waals surface area (Å²) in [5.74, 6) is 0.683. The van der Waals surface area contributed by atoms with E-state index in [1.807, 2.05) is 6.07 Å². The third kappa shape index (κ3) is 4.47. The van der Waals surface area contributed by atoms with Crippen LogP contribution in [0.1, 0.15) is 5.56 Å². The van der Waals surface area contributed by atoms with E-state index in [1.165, 1.54) is 11.8 Å². The zero-order valence-electron chi connectivity index (χ0n) is 8.62. The minimum Gasteiger partial charge on any atom is -0.379 e. The number of thioether (sulfide) groups is 1. The average Bonchev–Trinajstić information content (AvgIpc) is 2.25. The molecule has 0 spiro atoms. The molecule has 1 aromatic rings. The summed E-state index contributed by atoms with van der Waals surface area (Å²) in [5.41, 5.74) is 6.68. The molecule has 0 bridgehead atoms. The molecule has 2 nitrogen and oxygen atoms in total. The van der Waals surface area contributed by atoms with Crippen LogP contribution >= 0.6 is 35.0 Å². The van der Waals surface area contributed by atoms with Crippen LogP contribution in [0.2, 0.25) is 10.0 Å². The highest BCUT2D eigenvalue weighted by molar-refractivity contribution is 8.13. The minimum atomic E-state index is 0.533. The molecule has 0 saturated heterocycles. The van der Waals surface area contributed by atoms with Gasteiger partial charge in [-0.1, -0.05) is 47.1 Å². The maximum atomic E-state index is 6.02. The van der Waals surface area contributed by atoms with Gasteiger partial charge in [0.05, 0.1) is 6.54 Å². The van der Waals surface area contributed by atoms with Gasteiger partial charge in [-0.05, 0) is 17.7 Å². The number of nitrogens with two attached hydrogens (primary N) is 1. The SMILES string of the molecule is C=CCN=C(N)SCc1ccc(Cl)cc1Cl. The monoisotopic (exact) mass is 274 g/mol. The molecular formula is C11H12Cl2N2S. The van der Waals surface area contributed by atoms with Gasteiger partial charge >= 0.3 is 0 Å². The second kappa shape index (κ2) is 6.84. The lowest BCUT2D eigenvalue weighted by atomic mass is 10.2. The van der Waals surface area contributed by atoms with Gasteiger partial charge in [-0.25, -0.2) is 0 Å². The normalized spacial score (nSPS) is 11.5. The van der Waals surface area contributed by atoms with Gasteiger partial charge in [0.25, 0.3) is 0 Å². The van der Waals surface area contributed by atoms with Crippen LogP contribution in [0.5, 0.6) is 0 Å². The van der Waals surface area contributed by atoms with Gasteiger partial charge in [0.1, 0.15) is 0 Å². The van der Waals surface area contributed by atoms with Gasteiger partial charge in [-0.3, -0.25) is 4.99 Å². The molecule has 0 unspecified atom stereocenters. The van der Waals surface area contributed by atoms with Crippen molar-refractivity contribution < 1.29 is 0 Å². The standard InChI is InChI=1S/C11H12Cl2N2S/c1-2-5-15-11(14)16-7-8-3-4-9(12)6-10(8)13/h2-4,6H,1,5,7H2,(H2,14,15). The lowest BCUT2D eigenvalue weighted by molar-refractivity contribution is 1.25. The van der Waals surface area contributed by atoms with Crippen LogP contribution in [0.15, 0.2) is 35.8 Å². The van der Waals surface area contributed by atoms with E-state index in [-0.39, 0.29) is 0 Å². The van der Waals surface area contributed by atoms with Crippen molar-refractivity contribution in [2.75, 3.05) is 6.54 Å². The molecule has 0 aliphatic heterocycles. The first-order valence-electron chi connectivity index (χ1n) is 4.61. The second-order valence-corrected chi connectivity index (χ2v) is 4.83. The number of halogens is 2. The van der Waals surface area contributed by atoms with E-state index in [0.29, 0.717) is 27.5 Å². The summed E-state index contributed by atoms with van der Waals surface area (Å²) in [7, 11) is 0. The fraction of sp³-hybridized carbons (Fsp3) is 0.182. The lowest BCUT2D eigenvalue weighted by Gasteiger charge is -2.04. The third-order valence-electron chi connectivity index (χ3n) is 1.77. The molecule has 0 aliphatic rings. The topological polar surface area (TPSA) is 38.4 Å². The highest BCUT2D eigenvalue weighted by atomic mass is 35.5. The predicted octanol–water partition coefficient (Wildman–Crippen LogP) is 3.73. The Kier molecular flexibility index (Phi) is 5.74. The predicted molar refractivity (Wildman–Crippen MR) is 74.4 cm³/mol. The fourth-order valence-electron chi connectivity index (χ4n) is 0.991. The largest absolute Gasteiger partial charge is 0.379 e. The molecule has 0 atom stereocenters. The second-order valence-electron chi connectivity index (χ2n) is 2.99. The van der Waals surface area contributed by atoms with E-state index >= 15 is 0 Å². The summed E-state index contributed by atoms with van der Waals surface area (Å²) in [5, 5.41) is 1.81. The number of nitrogens with zero attached hydrogens (tertiary/aromatic N) is 1. The smallest absolute Gasteiger partial charge is 0.154 e. The molecule has 0 fully saturated rings. The molecule has 1 rings (SSSR count). The molecule has 16 heavy (non-hydrogen) atoms. The molecule has 5 heteroatoms. The first kappa shape index (κ1) is 13.4. The maximum absolute atomic E-state index is 6.02. The van der Waals surface area contributed by atoms with Crippen LogP contribution < -0.4 is 5.73 Å². The lowest BCUT2D eigenvalue weighted by Crippen LogP contribution is -2.07. The molecule has 86 valence electrons. The highest BCUT2D eigenvalue weighted by Crippen LogP contribution is 2.24. The van der Waals surface area contributed by atoms with E-state index < -0.39 is 0 Å². The fourth-order valence-corrected chi connectivity index (χ4v) is 2.27. The van der Waals surface area contributed by atoms with Crippen molar-refractivity contribution in [1.29, 1.82) is 0 Å². The van der Waals surface area contributed by atoms with Gasteiger partial charge in [0, 0.05) is 15.8 Å². The van der Waals surface area contributed by atoms with Crippen LogP contribution in [0.25, 0.3) is 0 Å². The first-order chi connectivity index (χ1) is 7.63. The Morgan fingerprint density at radius 2 is 2.25 bits per heavy atom. The molecular weight excluding hydrogens is 263 g/mol. The van der Waals surface area contributed by atoms with E-state index in [0.717, 1.165) is 5.56 Å². The highest BCUT2D eigenvalue weighted by Gasteiger charge is 2.02. The summed E-state index contributed by atoms with van der Waals surface area (Å²) in [6.45, 7) is 4.10. The Labute approximate surface area is 110 Å². The minimum absolute atomic E-state index is 0.533. The van der Waals surface area contributed by atoms with Crippen LogP contribution in [0.4, 0.5) is 0 Å². The summed E-state index contributed by atoms with van der Waals surface area (Å²) < 4.78 is 0. The van der Waals surface area contributed by atoms with E-state index in [9.17, 15) is 0 Å². The quantitative estimate of drug-likeness (QED) is 0.516. The van der Waals surface area contributed by atoms with Crippen molar-refractivity contribution in [3.63, 3.8) is 0 Å². The molecule has 0 heterocycles. The first-order valence-corrected chi connectivity index (χ1v) is 6.35. The van der Waals surface area contributed by atoms with E-state index in [1.54, 1.807) is 18.2 Å². The molecule has 0 saturated carbocycles. The molecule has 0 aliphatic carbocycles. The van der Waals surface area contributed by atoms with Gasteiger partial charge in [-0.2, -0.15) is 0 Å².